The van der Waals surface area contributed by atoms with Crippen molar-refractivity contribution < 1.29 is 19.8 Å². The minimum absolute atomic E-state index is 0. The van der Waals surface area contributed by atoms with Gasteiger partial charge < -0.3 is 19.8 Å². The Morgan fingerprint density at radius 1 is 0.923 bits per heavy atom. The summed E-state index contributed by atoms with van der Waals surface area (Å²) in [5.41, 5.74) is 0. The Bertz CT molecular complexity index is 147. The van der Waals surface area contributed by atoms with Gasteiger partial charge in [-0.2, -0.15) is 0 Å². The van der Waals surface area contributed by atoms with E-state index in [1.807, 2.05) is 0 Å². The Morgan fingerprint density at radius 3 is 1.46 bits per heavy atom. The van der Waals surface area contributed by atoms with E-state index in [4.69, 9.17) is 0 Å². The first-order valence-corrected chi connectivity index (χ1v) is 5.76. The van der Waals surface area contributed by atoms with Crippen LogP contribution in [-0.2, 0) is 9.59 Å². The summed E-state index contributed by atoms with van der Waals surface area (Å²) in [4.78, 5) is 19.8. The summed E-state index contributed by atoms with van der Waals surface area (Å²) in [7, 11) is 2.66. The van der Waals surface area contributed by atoms with Crippen LogP contribution >= 0.6 is 21.6 Å². The predicted molar refractivity (Wildman–Crippen MR) is 49.9 cm³/mol. The van der Waals surface area contributed by atoms with Crippen LogP contribution in [0.2, 0.25) is 0 Å². The van der Waals surface area contributed by atoms with Gasteiger partial charge in [-0.1, -0.05) is 21.6 Å². The molecule has 0 N–H and O–H groups in total. The molecule has 0 aliphatic carbocycles. The largest absolute Gasteiger partial charge is 2.00 e. The third-order valence-corrected chi connectivity index (χ3v) is 3.27. The molecule has 0 aromatic carbocycles. The van der Waals surface area contributed by atoms with E-state index in [0.29, 0.717) is 11.5 Å². The number of rotatable bonds is 7. The maximum atomic E-state index is 9.90. The van der Waals surface area contributed by atoms with Crippen molar-refractivity contribution in [2.45, 2.75) is 12.8 Å². The predicted octanol–water partition coefficient (Wildman–Crippen LogP) is -1.73. The van der Waals surface area contributed by atoms with Crippen molar-refractivity contribution in [3.05, 3.63) is 0 Å². The van der Waals surface area contributed by atoms with Gasteiger partial charge in [0.1, 0.15) is 0 Å². The zero-order chi connectivity index (χ0) is 9.40. The standard InChI is InChI=1S/C6H10O4S2.Mg/c7-5(8)1-3-11-12-4-2-6(9)10;/h1-4H2,(H,7,8)(H,9,10);/q;+2/p-2. The summed E-state index contributed by atoms with van der Waals surface area (Å²) >= 11 is 0. The molecule has 0 heterocycles. The molecule has 70 valence electrons. The number of carboxylic acids is 2. The molecule has 0 aliphatic rings. The average Bonchev–Trinajstić information content (AvgIpc) is 1.95. The van der Waals surface area contributed by atoms with Crippen LogP contribution < -0.4 is 10.2 Å². The maximum absolute atomic E-state index is 9.90. The number of aliphatic carboxylic acids is 2. The quantitative estimate of drug-likeness (QED) is 0.295. The van der Waals surface area contributed by atoms with Crippen LogP contribution in [-0.4, -0.2) is 46.5 Å². The Balaban J connectivity index is 0. The van der Waals surface area contributed by atoms with Crippen molar-refractivity contribution in [1.82, 2.24) is 0 Å². The molecule has 0 aliphatic heterocycles. The number of hydrogen-bond acceptors (Lipinski definition) is 6. The van der Waals surface area contributed by atoms with Gasteiger partial charge in [0, 0.05) is 23.4 Å². The monoisotopic (exact) mass is 232 g/mol. The van der Waals surface area contributed by atoms with Crippen molar-refractivity contribution in [1.29, 1.82) is 0 Å². The van der Waals surface area contributed by atoms with Crippen molar-refractivity contribution >= 4 is 56.6 Å². The maximum Gasteiger partial charge on any atom is 2.00 e. The zero-order valence-corrected chi connectivity index (χ0v) is 10.0. The second-order valence-electron chi connectivity index (χ2n) is 1.89. The number of carbonyl (C=O) groups is 2. The fourth-order valence-electron chi connectivity index (χ4n) is 0.368. The van der Waals surface area contributed by atoms with Crippen LogP contribution in [0.5, 0.6) is 0 Å². The van der Waals surface area contributed by atoms with Gasteiger partial charge in [0.05, 0.1) is 0 Å². The molecule has 0 saturated carbocycles. The zero-order valence-electron chi connectivity index (χ0n) is 6.99. The molecule has 0 bridgehead atoms. The van der Waals surface area contributed by atoms with Crippen molar-refractivity contribution in [3.63, 3.8) is 0 Å². The molecule has 0 spiro atoms. The van der Waals surface area contributed by atoms with Crippen LogP contribution in [0.3, 0.4) is 0 Å². The molecular weight excluding hydrogens is 225 g/mol. The van der Waals surface area contributed by atoms with Gasteiger partial charge in [0.2, 0.25) is 0 Å². The van der Waals surface area contributed by atoms with Crippen LogP contribution in [0, 0.1) is 0 Å². The number of hydrogen-bond donors (Lipinski definition) is 0. The first-order chi connectivity index (χ1) is 5.63. The topological polar surface area (TPSA) is 80.3 Å². The molecule has 0 unspecified atom stereocenters. The first-order valence-electron chi connectivity index (χ1n) is 3.27. The van der Waals surface area contributed by atoms with E-state index in [0.717, 1.165) is 0 Å². The summed E-state index contributed by atoms with van der Waals surface area (Å²) in [5, 5.41) is 19.8. The minimum Gasteiger partial charge on any atom is -0.550 e. The van der Waals surface area contributed by atoms with Gasteiger partial charge >= 0.3 is 23.1 Å². The van der Waals surface area contributed by atoms with E-state index in [-0.39, 0.29) is 35.9 Å². The van der Waals surface area contributed by atoms with E-state index in [9.17, 15) is 19.8 Å². The number of carbonyl (C=O) groups excluding carboxylic acids is 2. The van der Waals surface area contributed by atoms with Crippen LogP contribution in [0.4, 0.5) is 0 Å². The van der Waals surface area contributed by atoms with Crippen LogP contribution in [0.1, 0.15) is 12.8 Å². The summed E-state index contributed by atoms with van der Waals surface area (Å²) in [6.07, 6.45) is 0.00593. The molecule has 13 heavy (non-hydrogen) atoms. The summed E-state index contributed by atoms with van der Waals surface area (Å²) < 4.78 is 0. The second-order valence-corrected chi connectivity index (χ2v) is 4.59. The third-order valence-electron chi connectivity index (χ3n) is 0.862. The molecular formula is C6H8MgO4S2. The van der Waals surface area contributed by atoms with Crippen LogP contribution in [0.25, 0.3) is 0 Å². The molecule has 0 fully saturated rings. The third kappa shape index (κ3) is 15.2. The van der Waals surface area contributed by atoms with Gasteiger partial charge in [-0.15, -0.1) is 0 Å². The molecule has 4 nitrogen and oxygen atoms in total. The molecule has 0 aromatic heterocycles. The Labute approximate surface area is 100 Å². The Hall–Kier alpha value is 0.406. The average molecular weight is 233 g/mol. The van der Waals surface area contributed by atoms with Gasteiger partial charge in [0.25, 0.3) is 0 Å². The second kappa shape index (κ2) is 10.5. The fourth-order valence-corrected chi connectivity index (χ4v) is 2.31. The SMILES string of the molecule is O=C([O-])CCSSCCC(=O)[O-].[Mg+2]. The van der Waals surface area contributed by atoms with E-state index in [1.165, 1.54) is 21.6 Å². The van der Waals surface area contributed by atoms with E-state index >= 15 is 0 Å². The normalized spacial score (nSPS) is 8.92. The van der Waals surface area contributed by atoms with Gasteiger partial charge in [0.15, 0.2) is 0 Å². The summed E-state index contributed by atoms with van der Waals surface area (Å²) in [5.74, 6) is -1.27. The first kappa shape index (κ1) is 15.9. The van der Waals surface area contributed by atoms with Gasteiger partial charge in [-0.05, 0) is 12.8 Å². The molecule has 7 heteroatoms. The molecule has 0 amide bonds. The summed E-state index contributed by atoms with van der Waals surface area (Å²) in [6.45, 7) is 0. The van der Waals surface area contributed by atoms with E-state index < -0.39 is 11.9 Å². The van der Waals surface area contributed by atoms with Crippen molar-refractivity contribution in [2.24, 2.45) is 0 Å². The molecule has 0 aromatic rings. The Morgan fingerprint density at radius 2 is 1.23 bits per heavy atom. The fraction of sp³-hybridized carbons (Fsp3) is 0.667. The number of carboxylic acid groups (broad SMARTS) is 2. The minimum atomic E-state index is -1.08. The van der Waals surface area contributed by atoms with Crippen LogP contribution in [0.15, 0.2) is 0 Å². The van der Waals surface area contributed by atoms with E-state index in [1.54, 1.807) is 0 Å². The molecule has 0 radical (unpaired) electrons. The van der Waals surface area contributed by atoms with Gasteiger partial charge in [-0.3, -0.25) is 0 Å². The van der Waals surface area contributed by atoms with Gasteiger partial charge in [-0.25, -0.2) is 0 Å². The Kier molecular flexibility index (Phi) is 12.8. The van der Waals surface area contributed by atoms with Crippen molar-refractivity contribution in [3.8, 4) is 0 Å². The molecule has 0 rings (SSSR count). The molecule has 0 atom stereocenters. The van der Waals surface area contributed by atoms with Crippen molar-refractivity contribution in [2.75, 3.05) is 11.5 Å². The molecule has 0 saturated heterocycles. The smallest absolute Gasteiger partial charge is 0.550 e. The van der Waals surface area contributed by atoms with E-state index in [2.05, 4.69) is 0 Å². The summed E-state index contributed by atoms with van der Waals surface area (Å²) in [6, 6.07) is 0.